The molecule has 3 atom stereocenters. The molecule has 0 saturated carbocycles. The van der Waals surface area contributed by atoms with E-state index in [2.05, 4.69) is 12.2 Å². The number of carbonyl (C=O) groups is 2. The molecule has 0 fully saturated rings. The minimum Gasteiger partial charge on any atom is -0.384 e. The quantitative estimate of drug-likeness (QED) is 0.145. The SMILES string of the molecule is CCCCCCNC(CC(=O)CCC(C)(C)CCC(=O)C(O)C(N)COCc1ccccc1)Cc1cc(F)ccc1F. The fourth-order valence-electron chi connectivity index (χ4n) is 4.85. The highest BCUT2D eigenvalue weighted by Crippen LogP contribution is 2.29. The van der Waals surface area contributed by atoms with Crippen LogP contribution in [0.5, 0.6) is 0 Å². The first-order valence-electron chi connectivity index (χ1n) is 15.3. The number of nitrogens with two attached hydrogens (primary N) is 1. The van der Waals surface area contributed by atoms with Crippen LogP contribution in [0.1, 0.15) is 89.7 Å². The van der Waals surface area contributed by atoms with Gasteiger partial charge in [-0.05, 0) is 67.0 Å². The van der Waals surface area contributed by atoms with E-state index < -0.39 is 23.8 Å². The lowest BCUT2D eigenvalue weighted by Crippen LogP contribution is -2.44. The van der Waals surface area contributed by atoms with E-state index in [1.165, 1.54) is 6.07 Å². The third kappa shape index (κ3) is 14.1. The second kappa shape index (κ2) is 18.9. The molecule has 0 aliphatic carbocycles. The van der Waals surface area contributed by atoms with Crippen molar-refractivity contribution in [3.8, 4) is 0 Å². The van der Waals surface area contributed by atoms with Crippen LogP contribution in [0.4, 0.5) is 8.78 Å². The highest BCUT2D eigenvalue weighted by atomic mass is 19.1. The van der Waals surface area contributed by atoms with Crippen molar-refractivity contribution in [3.63, 3.8) is 0 Å². The lowest BCUT2D eigenvalue weighted by atomic mass is 9.81. The Balaban J connectivity index is 1.80. The smallest absolute Gasteiger partial charge is 0.162 e. The van der Waals surface area contributed by atoms with Crippen LogP contribution in [0.25, 0.3) is 0 Å². The molecule has 0 saturated heterocycles. The van der Waals surface area contributed by atoms with E-state index in [-0.39, 0.29) is 54.5 Å². The maximum absolute atomic E-state index is 14.3. The molecule has 3 unspecified atom stereocenters. The normalized spacial score (nSPS) is 14.0. The molecular formula is C34H50F2N2O4. The summed E-state index contributed by atoms with van der Waals surface area (Å²) in [6.07, 6.45) is 4.95. The Hall–Kier alpha value is -2.52. The van der Waals surface area contributed by atoms with E-state index in [4.69, 9.17) is 10.5 Å². The van der Waals surface area contributed by atoms with Gasteiger partial charge in [0.25, 0.3) is 0 Å². The summed E-state index contributed by atoms with van der Waals surface area (Å²) in [5.41, 5.74) is 6.94. The lowest BCUT2D eigenvalue weighted by Gasteiger charge is -2.26. The van der Waals surface area contributed by atoms with Gasteiger partial charge in [-0.15, -0.1) is 0 Å². The number of unbranched alkanes of at least 4 members (excludes halogenated alkanes) is 3. The van der Waals surface area contributed by atoms with E-state index in [1.54, 1.807) is 0 Å². The van der Waals surface area contributed by atoms with Crippen LogP contribution in [-0.4, -0.2) is 48.0 Å². The molecule has 42 heavy (non-hydrogen) atoms. The van der Waals surface area contributed by atoms with Gasteiger partial charge in [-0.3, -0.25) is 9.59 Å². The highest BCUT2D eigenvalue weighted by molar-refractivity contribution is 5.83. The fraction of sp³-hybridized carbons (Fsp3) is 0.588. The predicted molar refractivity (Wildman–Crippen MR) is 163 cm³/mol. The number of benzene rings is 2. The summed E-state index contributed by atoms with van der Waals surface area (Å²) in [6, 6.07) is 11.9. The molecule has 6 nitrogen and oxygen atoms in total. The van der Waals surface area contributed by atoms with Crippen molar-refractivity contribution < 1.29 is 28.2 Å². The van der Waals surface area contributed by atoms with Gasteiger partial charge in [-0.2, -0.15) is 0 Å². The molecule has 0 spiro atoms. The predicted octanol–water partition coefficient (Wildman–Crippen LogP) is 6.07. The zero-order valence-electron chi connectivity index (χ0n) is 25.5. The molecular weight excluding hydrogens is 538 g/mol. The van der Waals surface area contributed by atoms with Crippen LogP contribution in [-0.2, 0) is 27.4 Å². The van der Waals surface area contributed by atoms with Crippen molar-refractivity contribution >= 4 is 11.6 Å². The summed E-state index contributed by atoms with van der Waals surface area (Å²) in [4.78, 5) is 25.6. The van der Waals surface area contributed by atoms with Gasteiger partial charge in [-0.1, -0.05) is 70.4 Å². The van der Waals surface area contributed by atoms with Gasteiger partial charge >= 0.3 is 0 Å². The first-order chi connectivity index (χ1) is 20.0. The summed E-state index contributed by atoms with van der Waals surface area (Å²) in [6.45, 7) is 7.25. The van der Waals surface area contributed by atoms with Gasteiger partial charge in [0.05, 0.1) is 19.3 Å². The molecule has 0 aliphatic heterocycles. The molecule has 2 rings (SSSR count). The third-order valence-corrected chi connectivity index (χ3v) is 7.70. The Labute approximate surface area is 250 Å². The number of carbonyl (C=O) groups excluding carboxylic acids is 2. The van der Waals surface area contributed by atoms with Gasteiger partial charge < -0.3 is 20.9 Å². The standard InChI is InChI=1S/C34H50F2N2O4/c1-4-5-6-10-19-38-28(21-26-20-27(35)13-14-30(26)36)22-29(39)15-17-34(2,3)18-16-32(40)33(41)31(37)24-42-23-25-11-8-7-9-12-25/h7-9,11-14,20,28,31,33,38,41H,4-6,10,15-19,21-24,37H2,1-3H3. The molecule has 8 heteroatoms. The minimum atomic E-state index is -1.31. The first kappa shape index (κ1) is 35.7. The van der Waals surface area contributed by atoms with Crippen molar-refractivity contribution in [3.05, 3.63) is 71.3 Å². The van der Waals surface area contributed by atoms with Crippen molar-refractivity contribution in [1.82, 2.24) is 5.32 Å². The van der Waals surface area contributed by atoms with Crippen LogP contribution >= 0.6 is 0 Å². The molecule has 0 amide bonds. The molecule has 2 aromatic rings. The first-order valence-corrected chi connectivity index (χ1v) is 15.3. The Morgan fingerprint density at radius 3 is 2.45 bits per heavy atom. The Bertz CT molecular complexity index is 1080. The molecule has 4 N–H and O–H groups in total. The van der Waals surface area contributed by atoms with Gasteiger partial charge in [0.2, 0.25) is 0 Å². The molecule has 234 valence electrons. The number of hydrogen-bond donors (Lipinski definition) is 3. The molecule has 0 aromatic heterocycles. The van der Waals surface area contributed by atoms with Crippen LogP contribution < -0.4 is 11.1 Å². The monoisotopic (exact) mass is 588 g/mol. The van der Waals surface area contributed by atoms with Crippen LogP contribution in [0, 0.1) is 17.0 Å². The number of aliphatic hydroxyl groups excluding tert-OH is 1. The van der Waals surface area contributed by atoms with Gasteiger partial charge in [0, 0.05) is 25.3 Å². The van der Waals surface area contributed by atoms with Crippen molar-refractivity contribution in [2.75, 3.05) is 13.2 Å². The number of aliphatic hydroxyl groups is 1. The second-order valence-electron chi connectivity index (χ2n) is 12.1. The van der Waals surface area contributed by atoms with Crippen LogP contribution in [0.3, 0.4) is 0 Å². The average molecular weight is 589 g/mol. The molecule has 0 bridgehead atoms. The summed E-state index contributed by atoms with van der Waals surface area (Å²) >= 11 is 0. The minimum absolute atomic E-state index is 0.0369. The van der Waals surface area contributed by atoms with E-state index in [0.29, 0.717) is 32.4 Å². The van der Waals surface area contributed by atoms with Gasteiger partial charge in [0.15, 0.2) is 5.78 Å². The van der Waals surface area contributed by atoms with Gasteiger partial charge in [0.1, 0.15) is 23.5 Å². The van der Waals surface area contributed by atoms with Crippen molar-refractivity contribution in [1.29, 1.82) is 0 Å². The van der Waals surface area contributed by atoms with Crippen molar-refractivity contribution in [2.45, 2.75) is 110 Å². The summed E-state index contributed by atoms with van der Waals surface area (Å²) < 4.78 is 33.6. The van der Waals surface area contributed by atoms with Gasteiger partial charge in [-0.25, -0.2) is 8.78 Å². The van der Waals surface area contributed by atoms with E-state index in [9.17, 15) is 23.5 Å². The average Bonchev–Trinajstić information content (AvgIpc) is 2.96. The lowest BCUT2D eigenvalue weighted by molar-refractivity contribution is -0.129. The number of halogens is 2. The molecule has 0 heterocycles. The third-order valence-electron chi connectivity index (χ3n) is 7.70. The number of rotatable bonds is 22. The number of ketones is 2. The van der Waals surface area contributed by atoms with Crippen LogP contribution in [0.15, 0.2) is 48.5 Å². The Morgan fingerprint density at radius 2 is 1.74 bits per heavy atom. The zero-order chi connectivity index (χ0) is 31.0. The Kier molecular flexibility index (Phi) is 16.1. The molecule has 0 radical (unpaired) electrons. The highest BCUT2D eigenvalue weighted by Gasteiger charge is 2.27. The fourth-order valence-corrected chi connectivity index (χ4v) is 4.85. The van der Waals surface area contributed by atoms with Crippen molar-refractivity contribution in [2.24, 2.45) is 11.1 Å². The molecule has 0 aliphatic rings. The number of nitrogens with one attached hydrogen (secondary N) is 1. The summed E-state index contributed by atoms with van der Waals surface area (Å²) in [5.74, 6) is -1.27. The van der Waals surface area contributed by atoms with E-state index in [0.717, 1.165) is 43.4 Å². The Morgan fingerprint density at radius 1 is 1.02 bits per heavy atom. The number of ether oxygens (including phenoxy) is 1. The maximum atomic E-state index is 14.3. The molecule has 2 aromatic carbocycles. The number of Topliss-reactive ketones (excluding diaryl/α,β-unsaturated/α-hetero) is 2. The summed E-state index contributed by atoms with van der Waals surface area (Å²) in [5, 5.41) is 13.8. The summed E-state index contributed by atoms with van der Waals surface area (Å²) in [7, 11) is 0. The van der Waals surface area contributed by atoms with Crippen LogP contribution in [0.2, 0.25) is 0 Å². The van der Waals surface area contributed by atoms with E-state index >= 15 is 0 Å². The number of hydrogen-bond acceptors (Lipinski definition) is 6. The zero-order valence-corrected chi connectivity index (χ0v) is 25.5. The van der Waals surface area contributed by atoms with E-state index in [1.807, 2.05) is 44.2 Å². The maximum Gasteiger partial charge on any atom is 0.162 e. The second-order valence-corrected chi connectivity index (χ2v) is 12.1. The topological polar surface area (TPSA) is 102 Å². The largest absolute Gasteiger partial charge is 0.384 e.